The third-order valence-corrected chi connectivity index (χ3v) is 9.77. The number of hydrogen-bond acceptors (Lipinski definition) is 11. The van der Waals surface area contributed by atoms with E-state index in [1.54, 1.807) is 18.9 Å². The molecular weight excluding hydrogens is 702 g/mol. The Morgan fingerprint density at radius 3 is 2.13 bits per heavy atom. The second-order valence-corrected chi connectivity index (χ2v) is 13.4. The largest absolute Gasteiger partial charge is 0.497 e. The van der Waals surface area contributed by atoms with Crippen LogP contribution in [0.5, 0.6) is 11.5 Å². The van der Waals surface area contributed by atoms with E-state index in [2.05, 4.69) is 15.3 Å². The molecule has 55 heavy (non-hydrogen) atoms. The standard InChI is InChI=1S/C41H47N7O7/c1-26-38-39(45-27(2)47(4)5)43-25-44-40(38)48(46-26)36-23-33(55-37(50)22-21-35(49)42-3)34(54-36)24-53-41(28-11-9-8-10-12-28,29-13-17-31(51-6)18-14-29)30-15-19-32(52-7)20-16-30/h8-20,25,33-34,36H,21-24H2,1-7H3,(H,42,49). The zero-order chi connectivity index (χ0) is 39.1. The number of esters is 1. The van der Waals surface area contributed by atoms with Gasteiger partial charge in [0.25, 0.3) is 0 Å². The molecule has 3 atom stereocenters. The molecule has 0 bridgehead atoms. The lowest BCUT2D eigenvalue weighted by Crippen LogP contribution is -2.39. The van der Waals surface area contributed by atoms with Gasteiger partial charge in [-0.15, -0.1) is 0 Å². The number of ether oxygens (including phenoxy) is 5. The normalized spacial score (nSPS) is 17.2. The molecule has 3 aromatic carbocycles. The summed E-state index contributed by atoms with van der Waals surface area (Å²) in [5.41, 5.74) is 2.60. The van der Waals surface area contributed by atoms with Crippen LogP contribution < -0.4 is 14.8 Å². The maximum atomic E-state index is 13.2. The highest BCUT2D eigenvalue weighted by Gasteiger charge is 2.44. The molecule has 1 aliphatic heterocycles. The molecule has 2 aromatic heterocycles. The maximum absolute atomic E-state index is 13.2. The fourth-order valence-electron chi connectivity index (χ4n) is 6.64. The van der Waals surface area contributed by atoms with E-state index >= 15 is 0 Å². The predicted octanol–water partition coefficient (Wildman–Crippen LogP) is 5.50. The van der Waals surface area contributed by atoms with Gasteiger partial charge < -0.3 is 33.9 Å². The van der Waals surface area contributed by atoms with Gasteiger partial charge in [0.2, 0.25) is 5.91 Å². The smallest absolute Gasteiger partial charge is 0.306 e. The third kappa shape index (κ3) is 8.30. The Kier molecular flexibility index (Phi) is 12.1. The molecule has 288 valence electrons. The number of aromatic nitrogens is 4. The highest BCUT2D eigenvalue weighted by Crippen LogP contribution is 2.43. The minimum Gasteiger partial charge on any atom is -0.497 e. The predicted molar refractivity (Wildman–Crippen MR) is 206 cm³/mol. The van der Waals surface area contributed by atoms with Crippen molar-refractivity contribution in [2.45, 2.75) is 57.1 Å². The minimum atomic E-state index is -1.14. The molecule has 1 fully saturated rings. The fourth-order valence-corrected chi connectivity index (χ4v) is 6.64. The summed E-state index contributed by atoms with van der Waals surface area (Å²) in [7, 11) is 8.60. The first kappa shape index (κ1) is 38.9. The molecule has 1 aliphatic rings. The molecule has 5 aromatic rings. The number of carbonyl (C=O) groups excluding carboxylic acids is 2. The molecule has 0 saturated carbocycles. The van der Waals surface area contributed by atoms with Crippen molar-refractivity contribution in [1.82, 2.24) is 30.0 Å². The number of amidine groups is 1. The fraction of sp³-hybridized carbons (Fsp3) is 0.366. The first-order valence-corrected chi connectivity index (χ1v) is 18.0. The van der Waals surface area contributed by atoms with Crippen LogP contribution in [0.4, 0.5) is 5.82 Å². The molecular formula is C41H47N7O7. The molecule has 6 rings (SSSR count). The van der Waals surface area contributed by atoms with Crippen LogP contribution in [0.1, 0.15) is 54.8 Å². The van der Waals surface area contributed by atoms with Crippen molar-refractivity contribution < 1.29 is 33.3 Å². The average molecular weight is 750 g/mol. The number of rotatable bonds is 14. The zero-order valence-electron chi connectivity index (χ0n) is 32.2. The van der Waals surface area contributed by atoms with E-state index in [4.69, 9.17) is 33.8 Å². The lowest BCUT2D eigenvalue weighted by atomic mass is 9.80. The Morgan fingerprint density at radius 1 is 0.927 bits per heavy atom. The maximum Gasteiger partial charge on any atom is 0.306 e. The highest BCUT2D eigenvalue weighted by atomic mass is 16.6. The summed E-state index contributed by atoms with van der Waals surface area (Å²) in [6, 6.07) is 25.4. The summed E-state index contributed by atoms with van der Waals surface area (Å²) < 4.78 is 32.7. The summed E-state index contributed by atoms with van der Waals surface area (Å²) >= 11 is 0. The van der Waals surface area contributed by atoms with E-state index in [1.165, 1.54) is 13.4 Å². The van der Waals surface area contributed by atoms with Gasteiger partial charge in [0.05, 0.1) is 38.3 Å². The SMILES string of the molecule is CNC(=O)CCC(=O)OC1CC(n2nc(C)c3c(N=C(C)N(C)C)ncnc32)OC1COC(c1ccccc1)(c1ccc(OC)cc1)c1ccc(OC)cc1. The van der Waals surface area contributed by atoms with Gasteiger partial charge >= 0.3 is 5.97 Å². The number of nitrogens with one attached hydrogen (secondary N) is 1. The van der Waals surface area contributed by atoms with Gasteiger partial charge in [0.1, 0.15) is 41.5 Å². The van der Waals surface area contributed by atoms with Crippen molar-refractivity contribution in [1.29, 1.82) is 0 Å². The number of fused-ring (bicyclic) bond motifs is 1. The summed E-state index contributed by atoms with van der Waals surface area (Å²) in [5.74, 6) is 1.86. The molecule has 0 spiro atoms. The van der Waals surface area contributed by atoms with E-state index in [-0.39, 0.29) is 31.8 Å². The highest BCUT2D eigenvalue weighted by molar-refractivity contribution is 5.92. The van der Waals surface area contributed by atoms with Crippen LogP contribution in [0.2, 0.25) is 0 Å². The van der Waals surface area contributed by atoms with Crippen molar-refractivity contribution in [3.8, 4) is 11.5 Å². The Bertz CT molecular complexity index is 2070. The molecule has 1 saturated heterocycles. The van der Waals surface area contributed by atoms with E-state index in [9.17, 15) is 9.59 Å². The van der Waals surface area contributed by atoms with Crippen molar-refractivity contribution in [3.63, 3.8) is 0 Å². The van der Waals surface area contributed by atoms with Gasteiger partial charge in [0, 0.05) is 34.0 Å². The molecule has 1 N–H and O–H groups in total. The van der Waals surface area contributed by atoms with Crippen LogP contribution in [-0.2, 0) is 29.4 Å². The number of aliphatic imine (C=N–C) groups is 1. The number of hydrogen-bond donors (Lipinski definition) is 1. The van der Waals surface area contributed by atoms with Crippen molar-refractivity contribution in [2.24, 2.45) is 4.99 Å². The van der Waals surface area contributed by atoms with Crippen LogP contribution in [-0.4, -0.2) is 96.5 Å². The lowest BCUT2D eigenvalue weighted by Gasteiger charge is -2.37. The molecule has 0 aliphatic carbocycles. The Balaban J connectivity index is 1.40. The zero-order valence-corrected chi connectivity index (χ0v) is 32.2. The average Bonchev–Trinajstić information content (AvgIpc) is 3.77. The summed E-state index contributed by atoms with van der Waals surface area (Å²) in [5, 5.41) is 8.07. The number of nitrogens with zero attached hydrogens (tertiary/aromatic N) is 6. The van der Waals surface area contributed by atoms with E-state index < -0.39 is 30.0 Å². The second kappa shape index (κ2) is 17.1. The Hall–Kier alpha value is -5.86. The lowest BCUT2D eigenvalue weighted by molar-refractivity contribution is -0.156. The minimum absolute atomic E-state index is 0.00157. The van der Waals surface area contributed by atoms with Crippen LogP contribution in [0.15, 0.2) is 90.2 Å². The van der Waals surface area contributed by atoms with Crippen LogP contribution in [0, 0.1) is 6.92 Å². The third-order valence-electron chi connectivity index (χ3n) is 9.77. The molecule has 0 radical (unpaired) electrons. The van der Waals surface area contributed by atoms with Crippen molar-refractivity contribution in [2.75, 3.05) is 42.0 Å². The van der Waals surface area contributed by atoms with Crippen LogP contribution in [0.3, 0.4) is 0 Å². The summed E-state index contributed by atoms with van der Waals surface area (Å²) in [4.78, 5) is 40.9. The number of aryl methyl sites for hydroxylation is 1. The van der Waals surface area contributed by atoms with Gasteiger partial charge in [-0.1, -0.05) is 54.6 Å². The van der Waals surface area contributed by atoms with Gasteiger partial charge in [-0.05, 0) is 54.8 Å². The number of carbonyl (C=O) groups is 2. The van der Waals surface area contributed by atoms with E-state index in [0.29, 0.717) is 34.0 Å². The van der Waals surface area contributed by atoms with E-state index in [0.717, 1.165) is 22.5 Å². The monoisotopic (exact) mass is 749 g/mol. The Labute approximate surface area is 320 Å². The molecule has 3 heterocycles. The van der Waals surface area contributed by atoms with Crippen LogP contribution in [0.25, 0.3) is 11.0 Å². The number of methoxy groups -OCH3 is 2. The van der Waals surface area contributed by atoms with Gasteiger partial charge in [-0.3, -0.25) is 9.59 Å². The number of benzene rings is 3. The number of amides is 1. The van der Waals surface area contributed by atoms with Crippen LogP contribution >= 0.6 is 0 Å². The topological polar surface area (TPSA) is 152 Å². The van der Waals surface area contributed by atoms with Crippen molar-refractivity contribution >= 4 is 34.6 Å². The molecule has 1 amide bonds. The van der Waals surface area contributed by atoms with E-state index in [1.807, 2.05) is 112 Å². The van der Waals surface area contributed by atoms with Gasteiger partial charge in [0.15, 0.2) is 17.7 Å². The summed E-state index contributed by atoms with van der Waals surface area (Å²) in [6.07, 6.45) is -0.583. The Morgan fingerprint density at radius 2 is 1.55 bits per heavy atom. The molecule has 3 unspecified atom stereocenters. The first-order chi connectivity index (χ1) is 26.6. The molecule has 14 nitrogen and oxygen atoms in total. The van der Waals surface area contributed by atoms with Crippen molar-refractivity contribution in [3.05, 3.63) is 108 Å². The van der Waals surface area contributed by atoms with Gasteiger partial charge in [-0.25, -0.2) is 19.6 Å². The quantitative estimate of drug-likeness (QED) is 0.0664. The van der Waals surface area contributed by atoms with Gasteiger partial charge in [-0.2, -0.15) is 5.10 Å². The molecule has 14 heteroatoms. The summed E-state index contributed by atoms with van der Waals surface area (Å²) in [6.45, 7) is 3.77. The first-order valence-electron chi connectivity index (χ1n) is 18.0. The second-order valence-electron chi connectivity index (χ2n) is 13.4.